The summed E-state index contributed by atoms with van der Waals surface area (Å²) < 4.78 is 21.4. The Hall–Kier alpha value is -3.32. The maximum Gasteiger partial charge on any atom is 0.407 e. The molecule has 0 spiro atoms. The van der Waals surface area contributed by atoms with Gasteiger partial charge in [0, 0.05) is 11.3 Å². The van der Waals surface area contributed by atoms with Crippen LogP contribution in [0, 0.1) is 12.8 Å². The maximum atomic E-state index is 13.9. The van der Waals surface area contributed by atoms with E-state index < -0.39 is 41.0 Å². The molecule has 11 nitrogen and oxygen atoms in total. The molecular weight excluding hydrogens is 586 g/mol. The molecule has 5 rings (SSSR count). The van der Waals surface area contributed by atoms with Gasteiger partial charge < -0.3 is 39.6 Å². The Morgan fingerprint density at radius 1 is 1.16 bits per heavy atom. The van der Waals surface area contributed by atoms with E-state index in [0.29, 0.717) is 6.61 Å². The molecule has 2 aromatic rings. The van der Waals surface area contributed by atoms with Gasteiger partial charge in [0.2, 0.25) is 5.91 Å². The lowest BCUT2D eigenvalue weighted by atomic mass is 9.97. The summed E-state index contributed by atoms with van der Waals surface area (Å²) >= 11 is 1.46. The number of ether oxygens (including phenoxy) is 4. The number of rotatable bonds is 10. The van der Waals surface area contributed by atoms with E-state index in [0.717, 1.165) is 28.9 Å². The lowest BCUT2D eigenvalue weighted by Gasteiger charge is -2.33. The van der Waals surface area contributed by atoms with Crippen LogP contribution in [0.15, 0.2) is 48.5 Å². The number of nitrogens with one attached hydrogen (secondary N) is 2. The fourth-order valence-electron chi connectivity index (χ4n) is 6.01. The van der Waals surface area contributed by atoms with Gasteiger partial charge in [0.05, 0.1) is 38.2 Å². The Kier molecular flexibility index (Phi) is 10.0. The summed E-state index contributed by atoms with van der Waals surface area (Å²) in [6.45, 7) is 6.79. The number of aryl methyl sites for hydroxylation is 1. The first-order valence-electron chi connectivity index (χ1n) is 14.9. The van der Waals surface area contributed by atoms with Crippen LogP contribution in [0.25, 0.3) is 0 Å². The Labute approximate surface area is 261 Å². The van der Waals surface area contributed by atoms with E-state index in [4.69, 9.17) is 18.9 Å². The van der Waals surface area contributed by atoms with Gasteiger partial charge >= 0.3 is 6.09 Å². The number of carbonyl (C=O) groups is 3. The molecule has 0 radical (unpaired) electrons. The third kappa shape index (κ3) is 7.14. The van der Waals surface area contributed by atoms with Gasteiger partial charge in [0.15, 0.2) is 12.4 Å². The van der Waals surface area contributed by atoms with E-state index in [1.807, 2.05) is 69.3 Å². The molecule has 3 saturated heterocycles. The zero-order valence-corrected chi connectivity index (χ0v) is 26.3. The minimum atomic E-state index is -1.63. The molecule has 3 aliphatic heterocycles. The van der Waals surface area contributed by atoms with Gasteiger partial charge in [-0.1, -0.05) is 36.4 Å². The Bertz CT molecular complexity index is 1340. The highest BCUT2D eigenvalue weighted by atomic mass is 32.2. The predicted molar refractivity (Wildman–Crippen MR) is 164 cm³/mol. The van der Waals surface area contributed by atoms with Crippen molar-refractivity contribution in [2.24, 2.45) is 5.92 Å². The first kappa shape index (κ1) is 32.1. The van der Waals surface area contributed by atoms with Crippen LogP contribution in [-0.2, 0) is 36.8 Å². The van der Waals surface area contributed by atoms with Gasteiger partial charge in [0.25, 0.3) is 5.91 Å². The number of fused-ring (bicyclic) bond motifs is 1. The van der Waals surface area contributed by atoms with E-state index in [9.17, 15) is 19.5 Å². The van der Waals surface area contributed by atoms with Crippen molar-refractivity contribution in [1.29, 1.82) is 0 Å². The molecule has 44 heavy (non-hydrogen) atoms. The van der Waals surface area contributed by atoms with Crippen LogP contribution in [0.5, 0.6) is 5.75 Å². The summed E-state index contributed by atoms with van der Waals surface area (Å²) in [5.74, 6) is -0.0684. The highest BCUT2D eigenvalue weighted by molar-refractivity contribution is 8.00. The van der Waals surface area contributed by atoms with E-state index in [-0.39, 0.29) is 43.6 Å². The molecule has 3 fully saturated rings. The molecule has 3 heterocycles. The summed E-state index contributed by atoms with van der Waals surface area (Å²) in [6, 6.07) is 13.0. The summed E-state index contributed by atoms with van der Waals surface area (Å²) in [5, 5.41) is 17.2. The lowest BCUT2D eigenvalue weighted by Crippen LogP contribution is -2.58. The topological polar surface area (TPSA) is 136 Å². The molecule has 0 aliphatic carbocycles. The summed E-state index contributed by atoms with van der Waals surface area (Å²) in [4.78, 5) is 41.9. The van der Waals surface area contributed by atoms with Gasteiger partial charge in [-0.05, 0) is 62.4 Å². The van der Waals surface area contributed by atoms with Crippen molar-refractivity contribution in [3.8, 4) is 5.75 Å². The third-order valence-electron chi connectivity index (χ3n) is 8.56. The van der Waals surface area contributed by atoms with Crippen LogP contribution < -0.4 is 15.4 Å². The number of hydrogen-bond acceptors (Lipinski definition) is 9. The highest BCUT2D eigenvalue weighted by Crippen LogP contribution is 2.40. The van der Waals surface area contributed by atoms with Gasteiger partial charge in [0.1, 0.15) is 17.9 Å². The van der Waals surface area contributed by atoms with E-state index in [1.165, 1.54) is 16.7 Å². The third-order valence-corrected chi connectivity index (χ3v) is 9.93. The molecule has 238 valence electrons. The van der Waals surface area contributed by atoms with Crippen molar-refractivity contribution in [1.82, 2.24) is 15.5 Å². The zero-order chi connectivity index (χ0) is 31.4. The number of nitrogens with zero attached hydrogens (tertiary/aromatic N) is 1. The molecule has 3 aliphatic rings. The number of thioether (sulfide) groups is 1. The second kappa shape index (κ2) is 13.8. The molecule has 0 aromatic heterocycles. The number of benzene rings is 2. The van der Waals surface area contributed by atoms with Crippen LogP contribution in [0.4, 0.5) is 4.79 Å². The predicted octanol–water partition coefficient (Wildman–Crippen LogP) is 2.76. The number of aliphatic hydroxyl groups excluding tert-OH is 1. The molecule has 6 atom stereocenters. The van der Waals surface area contributed by atoms with Crippen LogP contribution in [0.1, 0.15) is 37.0 Å². The van der Waals surface area contributed by atoms with E-state index in [1.54, 1.807) is 7.11 Å². The Balaban J connectivity index is 1.28. The molecular formula is C32H41N3O8S. The Morgan fingerprint density at radius 3 is 2.66 bits per heavy atom. The molecule has 2 aromatic carbocycles. The monoisotopic (exact) mass is 627 g/mol. The second-order valence-electron chi connectivity index (χ2n) is 12.0. The lowest BCUT2D eigenvalue weighted by molar-refractivity contribution is -0.147. The summed E-state index contributed by atoms with van der Waals surface area (Å²) in [7, 11) is 1.60. The number of amides is 3. The minimum Gasteiger partial charge on any atom is -0.497 e. The second-order valence-corrected chi connectivity index (χ2v) is 13.6. The fourth-order valence-corrected chi connectivity index (χ4v) is 7.15. The van der Waals surface area contributed by atoms with Crippen LogP contribution in [0.3, 0.4) is 0 Å². The summed E-state index contributed by atoms with van der Waals surface area (Å²) in [5.41, 5.74) is 2.71. The average Bonchev–Trinajstić information content (AvgIpc) is 3.71. The van der Waals surface area contributed by atoms with Gasteiger partial charge in [-0.25, -0.2) is 4.79 Å². The van der Waals surface area contributed by atoms with E-state index >= 15 is 0 Å². The van der Waals surface area contributed by atoms with Crippen molar-refractivity contribution in [2.45, 2.75) is 75.5 Å². The van der Waals surface area contributed by atoms with Gasteiger partial charge in [-0.3, -0.25) is 9.59 Å². The van der Waals surface area contributed by atoms with Crippen LogP contribution in [-0.4, -0.2) is 89.4 Å². The normalized spacial score (nSPS) is 25.2. The molecule has 3 N–H and O–H groups in total. The van der Waals surface area contributed by atoms with Gasteiger partial charge in [-0.15, -0.1) is 11.8 Å². The molecule has 0 saturated carbocycles. The number of hydrogen-bond donors (Lipinski definition) is 3. The SMILES string of the molecule is COc1ccc(CNC(=O)[C@H]2N(C(=O)[C@@H](O)[C@H](Cc3ccccc3)NC(=O)O[C@H]3CO[C@H]4OCC[C@H]43)CSC2(C)C)c(C)c1. The largest absolute Gasteiger partial charge is 0.497 e. The average molecular weight is 628 g/mol. The first-order chi connectivity index (χ1) is 21.1. The van der Waals surface area contributed by atoms with Crippen molar-refractivity contribution >= 4 is 29.7 Å². The number of aliphatic hydroxyl groups is 1. The summed E-state index contributed by atoms with van der Waals surface area (Å²) in [6.07, 6.45) is -2.34. The molecule has 3 amide bonds. The van der Waals surface area contributed by atoms with Crippen molar-refractivity contribution in [2.75, 3.05) is 26.2 Å². The van der Waals surface area contributed by atoms with E-state index in [2.05, 4.69) is 10.6 Å². The number of alkyl carbamates (subject to hydrolysis) is 1. The Morgan fingerprint density at radius 2 is 1.93 bits per heavy atom. The zero-order valence-electron chi connectivity index (χ0n) is 25.5. The number of methoxy groups -OCH3 is 1. The van der Waals surface area contributed by atoms with Crippen LogP contribution in [0.2, 0.25) is 0 Å². The van der Waals surface area contributed by atoms with Gasteiger partial charge in [-0.2, -0.15) is 0 Å². The first-order valence-corrected chi connectivity index (χ1v) is 15.8. The van der Waals surface area contributed by atoms with Crippen molar-refractivity contribution < 1.29 is 38.4 Å². The van der Waals surface area contributed by atoms with Crippen molar-refractivity contribution in [3.63, 3.8) is 0 Å². The van der Waals surface area contributed by atoms with Crippen LogP contribution >= 0.6 is 11.8 Å². The smallest absolute Gasteiger partial charge is 0.407 e. The number of carbonyl (C=O) groups excluding carboxylic acids is 3. The molecule has 0 bridgehead atoms. The molecule has 0 unspecified atom stereocenters. The fraction of sp³-hybridized carbons (Fsp3) is 0.531. The standard InChI is InChI=1S/C32H41N3O8S/c1-19-14-22(40-4)11-10-21(19)16-33-28(37)27-32(2,3)44-18-35(27)29(38)26(36)24(15-20-8-6-5-7-9-20)34-31(39)43-25-17-42-30-23(25)12-13-41-30/h5-11,14,23-27,30,36H,12-13,15-18H2,1-4H3,(H,33,37)(H,34,39)/t23-,24-,25-,26-,27+,30+/m0/s1. The highest BCUT2D eigenvalue weighted by Gasteiger charge is 2.50. The molecule has 12 heteroatoms. The minimum absolute atomic E-state index is 0.0512. The van der Waals surface area contributed by atoms with Crippen molar-refractivity contribution in [3.05, 3.63) is 65.2 Å². The quantitative estimate of drug-likeness (QED) is 0.363. The maximum absolute atomic E-state index is 13.9.